The first-order chi connectivity index (χ1) is 10.1. The molecule has 2 N–H and O–H groups in total. The number of nitrogens with one attached hydrogen (secondary N) is 2. The molecule has 0 spiro atoms. The van der Waals surface area contributed by atoms with Crippen LogP contribution in [0.5, 0.6) is 0 Å². The van der Waals surface area contributed by atoms with Crippen LogP contribution in [0.15, 0.2) is 24.3 Å². The molecule has 1 saturated heterocycles. The van der Waals surface area contributed by atoms with Crippen molar-refractivity contribution in [2.75, 3.05) is 39.1 Å². The minimum Gasteiger partial charge on any atom is -0.375 e. The summed E-state index contributed by atoms with van der Waals surface area (Å²) >= 11 is 0. The van der Waals surface area contributed by atoms with E-state index in [0.29, 0.717) is 30.8 Å². The van der Waals surface area contributed by atoms with Gasteiger partial charge in [0.25, 0.3) is 5.91 Å². The van der Waals surface area contributed by atoms with Crippen LogP contribution in [0.3, 0.4) is 0 Å². The predicted molar refractivity (Wildman–Crippen MR) is 80.3 cm³/mol. The third kappa shape index (κ3) is 4.54. The Hall–Kier alpha value is -1.92. The molecule has 0 radical (unpaired) electrons. The molecule has 6 heteroatoms. The minimum absolute atomic E-state index is 0.0606. The average Bonchev–Trinajstić information content (AvgIpc) is 2.48. The van der Waals surface area contributed by atoms with E-state index in [1.807, 2.05) is 0 Å². The smallest absolute Gasteiger partial charge is 0.253 e. The molecule has 21 heavy (non-hydrogen) atoms. The zero-order valence-electron chi connectivity index (χ0n) is 12.4. The van der Waals surface area contributed by atoms with Crippen molar-refractivity contribution in [1.29, 1.82) is 0 Å². The number of hydrogen-bond acceptors (Lipinski definition) is 4. The van der Waals surface area contributed by atoms with Gasteiger partial charge in [-0.1, -0.05) is 0 Å². The highest BCUT2D eigenvalue weighted by Crippen LogP contribution is 2.12. The van der Waals surface area contributed by atoms with Crippen LogP contribution in [0.25, 0.3) is 0 Å². The second kappa shape index (κ2) is 7.19. The monoisotopic (exact) mass is 291 g/mol. The lowest BCUT2D eigenvalue weighted by molar-refractivity contribution is -0.119. The van der Waals surface area contributed by atoms with Gasteiger partial charge in [-0.25, -0.2) is 0 Å². The van der Waals surface area contributed by atoms with Crippen LogP contribution in [-0.4, -0.2) is 56.6 Å². The van der Waals surface area contributed by atoms with Crippen LogP contribution >= 0.6 is 0 Å². The van der Waals surface area contributed by atoms with Gasteiger partial charge in [0.05, 0.1) is 19.1 Å². The van der Waals surface area contributed by atoms with Gasteiger partial charge in [-0.3, -0.25) is 9.59 Å². The molecule has 2 rings (SSSR count). The van der Waals surface area contributed by atoms with Crippen molar-refractivity contribution in [1.82, 2.24) is 10.2 Å². The van der Waals surface area contributed by atoms with Crippen molar-refractivity contribution in [2.24, 2.45) is 0 Å². The molecule has 0 aromatic heterocycles. The molecule has 1 aliphatic heterocycles. The summed E-state index contributed by atoms with van der Waals surface area (Å²) in [6, 6.07) is 6.87. The van der Waals surface area contributed by atoms with Crippen molar-refractivity contribution in [3.05, 3.63) is 29.8 Å². The second-order valence-corrected chi connectivity index (χ2v) is 5.23. The number of anilines is 1. The van der Waals surface area contributed by atoms with Gasteiger partial charge in [0.15, 0.2) is 0 Å². The number of morpholine rings is 1. The van der Waals surface area contributed by atoms with Crippen molar-refractivity contribution in [3.63, 3.8) is 0 Å². The number of nitrogens with zero attached hydrogens (tertiary/aromatic N) is 1. The third-order valence-corrected chi connectivity index (χ3v) is 3.24. The molecule has 1 aromatic rings. The summed E-state index contributed by atoms with van der Waals surface area (Å²) in [7, 11) is 3.41. The molecule has 114 valence electrons. The molecular weight excluding hydrogens is 270 g/mol. The number of carbonyl (C=O) groups excluding carboxylic acids is 2. The number of hydrogen-bond donors (Lipinski definition) is 2. The molecule has 6 nitrogen and oxygen atoms in total. The standard InChI is InChI=1S/C15H21N3O3/c1-18(2)15(20)11-3-5-12(6-4-11)17-14(19)9-13-10-16-7-8-21-13/h3-6,13,16H,7-10H2,1-2H3,(H,17,19). The Labute approximate surface area is 124 Å². The number of benzene rings is 1. The van der Waals surface area contributed by atoms with E-state index < -0.39 is 0 Å². The van der Waals surface area contributed by atoms with Crippen molar-refractivity contribution < 1.29 is 14.3 Å². The average molecular weight is 291 g/mol. The Morgan fingerprint density at radius 3 is 2.62 bits per heavy atom. The van der Waals surface area contributed by atoms with E-state index in [1.54, 1.807) is 38.4 Å². The number of rotatable bonds is 4. The quantitative estimate of drug-likeness (QED) is 0.857. The Balaban J connectivity index is 1.87. The first kappa shape index (κ1) is 15.5. The van der Waals surface area contributed by atoms with Gasteiger partial charge >= 0.3 is 0 Å². The van der Waals surface area contributed by atoms with Crippen molar-refractivity contribution in [2.45, 2.75) is 12.5 Å². The zero-order chi connectivity index (χ0) is 15.2. The van der Waals surface area contributed by atoms with E-state index in [2.05, 4.69) is 10.6 Å². The van der Waals surface area contributed by atoms with E-state index in [-0.39, 0.29) is 17.9 Å². The van der Waals surface area contributed by atoms with Crippen LogP contribution in [0.2, 0.25) is 0 Å². The summed E-state index contributed by atoms with van der Waals surface area (Å²) in [5.41, 5.74) is 1.27. The lowest BCUT2D eigenvalue weighted by Gasteiger charge is -2.23. The van der Waals surface area contributed by atoms with Gasteiger partial charge in [-0.05, 0) is 24.3 Å². The molecule has 1 fully saturated rings. The summed E-state index contributed by atoms with van der Waals surface area (Å²) in [6.07, 6.45) is 0.249. The highest BCUT2D eigenvalue weighted by molar-refractivity contribution is 5.95. The Kier molecular flexibility index (Phi) is 5.30. The normalized spacial score (nSPS) is 18.1. The highest BCUT2D eigenvalue weighted by Gasteiger charge is 2.17. The summed E-state index contributed by atoms with van der Waals surface area (Å²) < 4.78 is 5.49. The van der Waals surface area contributed by atoms with Crippen LogP contribution in [-0.2, 0) is 9.53 Å². The maximum atomic E-state index is 11.9. The SMILES string of the molecule is CN(C)C(=O)c1ccc(NC(=O)CC2CNCCO2)cc1. The maximum absolute atomic E-state index is 11.9. The van der Waals surface area contributed by atoms with Crippen LogP contribution in [0.1, 0.15) is 16.8 Å². The summed E-state index contributed by atoms with van der Waals surface area (Å²) in [4.78, 5) is 25.2. The molecule has 1 aromatic carbocycles. The Bertz CT molecular complexity index is 493. The predicted octanol–water partition coefficient (Wildman–Crippen LogP) is 0.705. The molecular formula is C15H21N3O3. The minimum atomic E-state index is -0.0876. The second-order valence-electron chi connectivity index (χ2n) is 5.23. The molecule has 2 amide bonds. The van der Waals surface area contributed by atoms with Gasteiger partial charge < -0.3 is 20.3 Å². The Morgan fingerprint density at radius 2 is 2.05 bits per heavy atom. The van der Waals surface area contributed by atoms with Gasteiger partial charge in [0.1, 0.15) is 0 Å². The van der Waals surface area contributed by atoms with E-state index >= 15 is 0 Å². The van der Waals surface area contributed by atoms with E-state index in [9.17, 15) is 9.59 Å². The fraction of sp³-hybridized carbons (Fsp3) is 0.467. The van der Waals surface area contributed by atoms with Crippen molar-refractivity contribution >= 4 is 17.5 Å². The summed E-state index contributed by atoms with van der Waals surface area (Å²) in [5, 5.41) is 6.00. The van der Waals surface area contributed by atoms with Crippen LogP contribution < -0.4 is 10.6 Å². The first-order valence-corrected chi connectivity index (χ1v) is 7.00. The molecule has 1 unspecified atom stereocenters. The topological polar surface area (TPSA) is 70.7 Å². The fourth-order valence-corrected chi connectivity index (χ4v) is 2.12. The highest BCUT2D eigenvalue weighted by atomic mass is 16.5. The first-order valence-electron chi connectivity index (χ1n) is 7.00. The molecule has 0 aliphatic carbocycles. The summed E-state index contributed by atoms with van der Waals surface area (Å²) in [5.74, 6) is -0.148. The Morgan fingerprint density at radius 1 is 1.33 bits per heavy atom. The van der Waals surface area contributed by atoms with E-state index in [1.165, 1.54) is 4.90 Å². The van der Waals surface area contributed by atoms with Gasteiger partial charge in [-0.2, -0.15) is 0 Å². The number of carbonyl (C=O) groups is 2. The van der Waals surface area contributed by atoms with Crippen molar-refractivity contribution in [3.8, 4) is 0 Å². The van der Waals surface area contributed by atoms with Crippen LogP contribution in [0, 0.1) is 0 Å². The molecule has 0 bridgehead atoms. The third-order valence-electron chi connectivity index (χ3n) is 3.24. The summed E-state index contributed by atoms with van der Waals surface area (Å²) in [6.45, 7) is 2.17. The molecule has 1 heterocycles. The van der Waals surface area contributed by atoms with E-state index in [0.717, 1.165) is 6.54 Å². The molecule has 1 atom stereocenters. The van der Waals surface area contributed by atoms with Gasteiger partial charge in [0.2, 0.25) is 5.91 Å². The maximum Gasteiger partial charge on any atom is 0.253 e. The van der Waals surface area contributed by atoms with E-state index in [4.69, 9.17) is 4.74 Å². The fourth-order valence-electron chi connectivity index (χ4n) is 2.12. The number of ether oxygens (including phenoxy) is 1. The molecule has 0 saturated carbocycles. The van der Waals surface area contributed by atoms with Gasteiger partial charge in [-0.15, -0.1) is 0 Å². The van der Waals surface area contributed by atoms with Gasteiger partial charge in [0, 0.05) is 38.4 Å². The number of amides is 2. The van der Waals surface area contributed by atoms with Crippen LogP contribution in [0.4, 0.5) is 5.69 Å². The lowest BCUT2D eigenvalue weighted by Crippen LogP contribution is -2.40. The lowest BCUT2D eigenvalue weighted by atomic mass is 10.1. The molecule has 1 aliphatic rings. The zero-order valence-corrected chi connectivity index (χ0v) is 12.4. The largest absolute Gasteiger partial charge is 0.375 e.